The van der Waals surface area contributed by atoms with Crippen LogP contribution < -0.4 is 5.32 Å². The summed E-state index contributed by atoms with van der Waals surface area (Å²) in [7, 11) is 0. The van der Waals surface area contributed by atoms with Crippen LogP contribution >= 0.6 is 15.9 Å². The quantitative estimate of drug-likeness (QED) is 0.895. The number of benzene rings is 2. The summed E-state index contributed by atoms with van der Waals surface area (Å²) < 4.78 is 26.8. The predicted octanol–water partition coefficient (Wildman–Crippen LogP) is 4.34. The zero-order chi connectivity index (χ0) is 13.1. The first kappa shape index (κ1) is 12.5. The number of anilines is 2. The van der Waals surface area contributed by atoms with E-state index in [0.29, 0.717) is 15.7 Å². The van der Waals surface area contributed by atoms with Gasteiger partial charge in [0.15, 0.2) is 5.82 Å². The van der Waals surface area contributed by atoms with Gasteiger partial charge < -0.3 is 5.32 Å². The van der Waals surface area contributed by atoms with Crippen LogP contribution in [0.1, 0.15) is 5.56 Å². The molecule has 0 aliphatic rings. The summed E-state index contributed by atoms with van der Waals surface area (Å²) in [6.45, 7) is 0. The molecule has 2 aromatic rings. The smallest absolute Gasteiger partial charge is 0.150 e. The molecule has 90 valence electrons. The second-order valence-corrected chi connectivity index (χ2v) is 4.41. The zero-order valence-electron chi connectivity index (χ0n) is 9.05. The molecule has 0 spiro atoms. The van der Waals surface area contributed by atoms with Crippen LogP contribution in [-0.2, 0) is 0 Å². The third-order valence-electron chi connectivity index (χ3n) is 2.29. The maximum atomic E-state index is 13.6. The van der Waals surface area contributed by atoms with Crippen LogP contribution in [0.2, 0.25) is 0 Å². The van der Waals surface area contributed by atoms with Gasteiger partial charge in [-0.15, -0.1) is 0 Å². The summed E-state index contributed by atoms with van der Waals surface area (Å²) in [5, 5.41) is 11.5. The highest BCUT2D eigenvalue weighted by Gasteiger charge is 2.09. The molecule has 0 saturated carbocycles. The molecule has 18 heavy (non-hydrogen) atoms. The second-order valence-electron chi connectivity index (χ2n) is 3.56. The van der Waals surface area contributed by atoms with E-state index in [2.05, 4.69) is 21.2 Å². The summed E-state index contributed by atoms with van der Waals surface area (Å²) >= 11 is 3.09. The minimum atomic E-state index is -0.689. The van der Waals surface area contributed by atoms with Gasteiger partial charge >= 0.3 is 0 Å². The van der Waals surface area contributed by atoms with Gasteiger partial charge in [0.2, 0.25) is 0 Å². The van der Waals surface area contributed by atoms with Crippen molar-refractivity contribution in [3.63, 3.8) is 0 Å². The van der Waals surface area contributed by atoms with Gasteiger partial charge in [-0.05, 0) is 46.3 Å². The van der Waals surface area contributed by atoms with Crippen LogP contribution in [0.3, 0.4) is 0 Å². The highest BCUT2D eigenvalue weighted by atomic mass is 79.9. The van der Waals surface area contributed by atoms with Gasteiger partial charge in [-0.1, -0.05) is 0 Å². The first-order valence-corrected chi connectivity index (χ1v) is 5.81. The number of hydrogen-bond donors (Lipinski definition) is 1. The zero-order valence-corrected chi connectivity index (χ0v) is 10.6. The Morgan fingerprint density at radius 1 is 1.11 bits per heavy atom. The number of nitrogens with zero attached hydrogens (tertiary/aromatic N) is 1. The highest BCUT2D eigenvalue weighted by Crippen LogP contribution is 2.29. The molecule has 0 bridgehead atoms. The number of nitriles is 1. The van der Waals surface area contributed by atoms with Crippen LogP contribution in [0.25, 0.3) is 0 Å². The molecule has 0 aliphatic carbocycles. The largest absolute Gasteiger partial charge is 0.352 e. The van der Waals surface area contributed by atoms with Gasteiger partial charge in [0, 0.05) is 16.2 Å². The van der Waals surface area contributed by atoms with Crippen molar-refractivity contribution < 1.29 is 8.78 Å². The van der Waals surface area contributed by atoms with Crippen molar-refractivity contribution in [3.05, 3.63) is 58.1 Å². The summed E-state index contributed by atoms with van der Waals surface area (Å²) in [6, 6.07) is 10.5. The number of hydrogen-bond acceptors (Lipinski definition) is 2. The molecule has 0 heterocycles. The third-order valence-corrected chi connectivity index (χ3v) is 2.92. The monoisotopic (exact) mass is 308 g/mol. The topological polar surface area (TPSA) is 35.8 Å². The Bertz CT molecular complexity index is 595. The lowest BCUT2D eigenvalue weighted by atomic mass is 10.2. The molecule has 2 rings (SSSR count). The summed E-state index contributed by atoms with van der Waals surface area (Å²) in [5.41, 5.74) is 1.28. The standard InChI is InChI=1S/C13H7BrF2N2/c14-11-5-9(15)6-12(16)13(11)18-10-3-1-8(7-17)2-4-10/h1-6,18H. The van der Waals surface area contributed by atoms with E-state index in [-0.39, 0.29) is 5.69 Å². The molecule has 0 atom stereocenters. The first-order chi connectivity index (χ1) is 8.60. The molecule has 0 aliphatic heterocycles. The van der Waals surface area contributed by atoms with Crippen LogP contribution in [0.15, 0.2) is 40.9 Å². The number of nitrogens with one attached hydrogen (secondary N) is 1. The fraction of sp³-hybridized carbons (Fsp3) is 0. The maximum Gasteiger partial charge on any atom is 0.150 e. The lowest BCUT2D eigenvalue weighted by molar-refractivity contribution is 0.584. The Kier molecular flexibility index (Phi) is 3.58. The van der Waals surface area contributed by atoms with E-state index in [1.807, 2.05) is 6.07 Å². The van der Waals surface area contributed by atoms with Crippen molar-refractivity contribution in [3.8, 4) is 6.07 Å². The molecule has 5 heteroatoms. The minimum absolute atomic E-state index is 0.154. The van der Waals surface area contributed by atoms with Gasteiger partial charge in [0.05, 0.1) is 17.3 Å². The van der Waals surface area contributed by atoms with Crippen LogP contribution in [0, 0.1) is 23.0 Å². The molecule has 0 amide bonds. The Balaban J connectivity index is 2.31. The predicted molar refractivity (Wildman–Crippen MR) is 68.5 cm³/mol. The Morgan fingerprint density at radius 2 is 1.78 bits per heavy atom. The van der Waals surface area contributed by atoms with Crippen LogP contribution in [0.4, 0.5) is 20.2 Å². The van der Waals surface area contributed by atoms with Crippen LogP contribution in [-0.4, -0.2) is 0 Å². The Morgan fingerprint density at radius 3 is 2.33 bits per heavy atom. The molecule has 0 saturated heterocycles. The fourth-order valence-corrected chi connectivity index (χ4v) is 1.94. The van der Waals surface area contributed by atoms with E-state index in [1.54, 1.807) is 24.3 Å². The Hall–Kier alpha value is -1.93. The van der Waals surface area contributed by atoms with Gasteiger partial charge in [-0.3, -0.25) is 0 Å². The van der Waals surface area contributed by atoms with Gasteiger partial charge in [-0.2, -0.15) is 5.26 Å². The first-order valence-electron chi connectivity index (χ1n) is 5.02. The van der Waals surface area contributed by atoms with E-state index < -0.39 is 11.6 Å². The van der Waals surface area contributed by atoms with Crippen molar-refractivity contribution in [1.29, 1.82) is 5.26 Å². The van der Waals surface area contributed by atoms with Gasteiger partial charge in [0.25, 0.3) is 0 Å². The summed E-state index contributed by atoms with van der Waals surface area (Å²) in [4.78, 5) is 0. The van der Waals surface area contributed by atoms with Gasteiger partial charge in [0.1, 0.15) is 5.82 Å². The van der Waals surface area contributed by atoms with E-state index in [4.69, 9.17) is 5.26 Å². The molecule has 0 fully saturated rings. The summed E-state index contributed by atoms with van der Waals surface area (Å²) in [6.07, 6.45) is 0. The van der Waals surface area contributed by atoms with Crippen molar-refractivity contribution in [1.82, 2.24) is 0 Å². The SMILES string of the molecule is N#Cc1ccc(Nc2c(F)cc(F)cc2Br)cc1. The molecular weight excluding hydrogens is 302 g/mol. The second kappa shape index (κ2) is 5.15. The number of halogens is 3. The highest BCUT2D eigenvalue weighted by molar-refractivity contribution is 9.10. The van der Waals surface area contributed by atoms with Crippen molar-refractivity contribution in [2.75, 3.05) is 5.32 Å². The van der Waals surface area contributed by atoms with Crippen LogP contribution in [0.5, 0.6) is 0 Å². The number of rotatable bonds is 2. The average Bonchev–Trinajstić information content (AvgIpc) is 2.34. The maximum absolute atomic E-state index is 13.6. The van der Waals surface area contributed by atoms with Crippen molar-refractivity contribution in [2.45, 2.75) is 0 Å². The normalized spacial score (nSPS) is 9.89. The van der Waals surface area contributed by atoms with E-state index in [1.165, 1.54) is 6.07 Å². The average molecular weight is 309 g/mol. The van der Waals surface area contributed by atoms with Crippen molar-refractivity contribution >= 4 is 27.3 Å². The fourth-order valence-electron chi connectivity index (χ4n) is 1.43. The molecule has 0 radical (unpaired) electrons. The Labute approximate surface area is 111 Å². The minimum Gasteiger partial charge on any atom is -0.352 e. The lowest BCUT2D eigenvalue weighted by Crippen LogP contribution is -1.96. The van der Waals surface area contributed by atoms with Crippen molar-refractivity contribution in [2.24, 2.45) is 0 Å². The molecule has 2 aromatic carbocycles. The molecule has 0 aromatic heterocycles. The molecule has 2 nitrogen and oxygen atoms in total. The van der Waals surface area contributed by atoms with E-state index in [9.17, 15) is 8.78 Å². The molecule has 1 N–H and O–H groups in total. The molecule has 0 unspecified atom stereocenters. The lowest BCUT2D eigenvalue weighted by Gasteiger charge is -2.09. The van der Waals surface area contributed by atoms with E-state index >= 15 is 0 Å². The molecular formula is C13H7BrF2N2. The van der Waals surface area contributed by atoms with Gasteiger partial charge in [-0.25, -0.2) is 8.78 Å². The third kappa shape index (κ3) is 2.66. The summed E-state index contributed by atoms with van der Waals surface area (Å²) in [5.74, 6) is -1.34. The van der Waals surface area contributed by atoms with E-state index in [0.717, 1.165) is 6.07 Å².